The van der Waals surface area contributed by atoms with Gasteiger partial charge in [-0.1, -0.05) is 36.4 Å². The number of hydrogen-bond donors (Lipinski definition) is 0. The summed E-state index contributed by atoms with van der Waals surface area (Å²) in [5, 5.41) is 11.0. The molecule has 0 radical (unpaired) electrons. The summed E-state index contributed by atoms with van der Waals surface area (Å²) < 4.78 is 14.3. The number of carbonyl (C=O) groups excluding carboxylic acids is 1. The van der Waals surface area contributed by atoms with Gasteiger partial charge < -0.3 is 14.7 Å². The number of nitrogens with zero attached hydrogens (tertiary/aromatic N) is 6. The Balaban J connectivity index is 1.67. The van der Waals surface area contributed by atoms with Crippen molar-refractivity contribution in [2.45, 2.75) is 25.8 Å². The molecule has 2 aliphatic rings. The summed E-state index contributed by atoms with van der Waals surface area (Å²) in [6.45, 7) is 12.7. The Morgan fingerprint density at radius 3 is 2.81 bits per heavy atom. The number of piperidine rings is 1. The van der Waals surface area contributed by atoms with Crippen molar-refractivity contribution < 1.29 is 9.18 Å². The van der Waals surface area contributed by atoms with Crippen molar-refractivity contribution in [1.82, 2.24) is 9.80 Å². The number of nitriles is 1. The molecule has 1 unspecified atom stereocenters. The number of piperazine rings is 1. The van der Waals surface area contributed by atoms with Gasteiger partial charge in [-0.25, -0.2) is 9.38 Å². The number of amides is 1. The van der Waals surface area contributed by atoms with Crippen LogP contribution in [-0.4, -0.2) is 73.4 Å². The summed E-state index contributed by atoms with van der Waals surface area (Å²) in [6, 6.07) is 10.9. The molecule has 37 heavy (non-hydrogen) atoms. The lowest BCUT2D eigenvalue weighted by Crippen LogP contribution is -2.54. The molecule has 2 aromatic carbocycles. The van der Waals surface area contributed by atoms with E-state index in [-0.39, 0.29) is 23.4 Å². The van der Waals surface area contributed by atoms with E-state index < -0.39 is 5.82 Å². The third-order valence-corrected chi connectivity index (χ3v) is 7.28. The first-order chi connectivity index (χ1) is 17.9. The van der Waals surface area contributed by atoms with Gasteiger partial charge in [-0.15, -0.1) is 0 Å². The predicted octanol–water partition coefficient (Wildman–Crippen LogP) is 4.83. The number of aliphatic imine (C=N–C) groups is 2. The molecule has 2 fully saturated rings. The first-order valence-corrected chi connectivity index (χ1v) is 12.7. The second kappa shape index (κ2) is 11.6. The zero-order valence-corrected chi connectivity index (χ0v) is 21.7. The van der Waals surface area contributed by atoms with Gasteiger partial charge in [-0.3, -0.25) is 9.79 Å². The lowest BCUT2D eigenvalue weighted by Gasteiger charge is -2.42. The zero-order valence-electron chi connectivity index (χ0n) is 21.0. The van der Waals surface area contributed by atoms with E-state index in [1.165, 1.54) is 12.1 Å². The first kappa shape index (κ1) is 26.4. The molecule has 4 rings (SSSR count). The van der Waals surface area contributed by atoms with E-state index >= 15 is 0 Å². The fraction of sp³-hybridized carbons (Fsp3) is 0.357. The summed E-state index contributed by atoms with van der Waals surface area (Å²) >= 11 is 6.41. The van der Waals surface area contributed by atoms with Crippen LogP contribution in [0.3, 0.4) is 0 Å². The molecule has 1 amide bonds. The van der Waals surface area contributed by atoms with Gasteiger partial charge in [-0.2, -0.15) is 5.26 Å². The number of halogens is 2. The van der Waals surface area contributed by atoms with Crippen molar-refractivity contribution in [3.05, 3.63) is 65.2 Å². The van der Waals surface area contributed by atoms with Crippen LogP contribution in [0.1, 0.15) is 19.8 Å². The van der Waals surface area contributed by atoms with Crippen molar-refractivity contribution in [3.63, 3.8) is 0 Å². The average Bonchev–Trinajstić information content (AvgIpc) is 2.91. The summed E-state index contributed by atoms with van der Waals surface area (Å²) in [7, 11) is 0. The largest absolute Gasteiger partial charge is 0.365 e. The molecule has 0 aliphatic carbocycles. The van der Waals surface area contributed by atoms with Crippen molar-refractivity contribution in [2.24, 2.45) is 9.98 Å². The summed E-state index contributed by atoms with van der Waals surface area (Å²) in [5.74, 6) is 0.121. The molecule has 0 aromatic heterocycles. The molecule has 2 aromatic rings. The molecule has 7 nitrogen and oxygen atoms in total. The van der Waals surface area contributed by atoms with Crippen LogP contribution in [0.5, 0.6) is 0 Å². The Morgan fingerprint density at radius 1 is 1.30 bits per heavy atom. The maximum absolute atomic E-state index is 14.3. The molecule has 0 saturated carbocycles. The van der Waals surface area contributed by atoms with Crippen LogP contribution >= 0.6 is 11.6 Å². The SMILES string of the molecule is C=CC(=O)N1CCN(/C(N=C)=C2\CCN(c3cccc4ccc(F)c(Cl)c34)C\C2=N\CC)CC1CC#N. The number of carbonyl (C=O) groups is 1. The molecule has 2 saturated heterocycles. The van der Waals surface area contributed by atoms with Crippen LogP contribution < -0.4 is 4.90 Å². The second-order valence-corrected chi connectivity index (χ2v) is 9.37. The highest BCUT2D eigenvalue weighted by Crippen LogP contribution is 2.36. The Labute approximate surface area is 221 Å². The average molecular weight is 521 g/mol. The Morgan fingerprint density at radius 2 is 2.11 bits per heavy atom. The van der Waals surface area contributed by atoms with Crippen molar-refractivity contribution in [1.29, 1.82) is 5.26 Å². The Hall–Kier alpha value is -3.70. The minimum Gasteiger partial charge on any atom is -0.365 e. The molecular formula is C28H30ClFN6O. The van der Waals surface area contributed by atoms with Crippen LogP contribution in [0.4, 0.5) is 10.1 Å². The monoisotopic (exact) mass is 520 g/mol. The van der Waals surface area contributed by atoms with E-state index in [1.54, 1.807) is 11.0 Å². The fourth-order valence-electron chi connectivity index (χ4n) is 5.21. The maximum Gasteiger partial charge on any atom is 0.246 e. The third-order valence-electron chi connectivity index (χ3n) is 6.91. The highest BCUT2D eigenvalue weighted by atomic mass is 35.5. The van der Waals surface area contributed by atoms with E-state index in [4.69, 9.17) is 16.6 Å². The third kappa shape index (κ3) is 5.23. The summed E-state index contributed by atoms with van der Waals surface area (Å²) in [5.41, 5.74) is 2.76. The molecule has 0 spiro atoms. The lowest BCUT2D eigenvalue weighted by atomic mass is 9.98. The molecule has 1 atom stereocenters. The molecule has 2 heterocycles. The zero-order chi connectivity index (χ0) is 26.5. The lowest BCUT2D eigenvalue weighted by molar-refractivity contribution is -0.130. The topological polar surface area (TPSA) is 75.3 Å². The normalized spacial score (nSPS) is 20.6. The van der Waals surface area contributed by atoms with Crippen LogP contribution in [0.2, 0.25) is 5.02 Å². The number of rotatable bonds is 6. The molecule has 192 valence electrons. The van der Waals surface area contributed by atoms with Gasteiger partial charge in [0.1, 0.15) is 11.6 Å². The minimum atomic E-state index is -0.444. The van der Waals surface area contributed by atoms with Crippen LogP contribution in [-0.2, 0) is 4.79 Å². The quantitative estimate of drug-likeness (QED) is 0.404. The summed E-state index contributed by atoms with van der Waals surface area (Å²) in [4.78, 5) is 27.5. The van der Waals surface area contributed by atoms with Gasteiger partial charge in [0.2, 0.25) is 5.91 Å². The molecular weight excluding hydrogens is 491 g/mol. The van der Waals surface area contributed by atoms with E-state index in [1.807, 2.05) is 25.1 Å². The van der Waals surface area contributed by atoms with Crippen molar-refractivity contribution in [2.75, 3.05) is 44.2 Å². The first-order valence-electron chi connectivity index (χ1n) is 12.3. The van der Waals surface area contributed by atoms with Crippen molar-refractivity contribution in [3.8, 4) is 6.07 Å². The van der Waals surface area contributed by atoms with Crippen LogP contribution in [0, 0.1) is 17.1 Å². The van der Waals surface area contributed by atoms with Gasteiger partial charge in [0.15, 0.2) is 0 Å². The van der Waals surface area contributed by atoms with Crippen molar-refractivity contribution >= 4 is 46.4 Å². The highest BCUT2D eigenvalue weighted by Gasteiger charge is 2.33. The van der Waals surface area contributed by atoms with E-state index in [2.05, 4.69) is 34.2 Å². The smallest absolute Gasteiger partial charge is 0.246 e. The molecule has 0 bridgehead atoms. The predicted molar refractivity (Wildman–Crippen MR) is 148 cm³/mol. The second-order valence-electron chi connectivity index (χ2n) is 8.99. The van der Waals surface area contributed by atoms with E-state index in [0.717, 1.165) is 28.2 Å². The maximum atomic E-state index is 14.3. The molecule has 2 aliphatic heterocycles. The highest BCUT2D eigenvalue weighted by molar-refractivity contribution is 6.36. The standard InChI is InChI=1S/C28H30ClFN6O/c1-4-25(37)36-16-15-35(17-20(36)11-13-31)28(32-3)21-12-14-34(18-23(21)33-5-2)24-8-6-7-19-9-10-22(30)27(29)26(19)24/h4,6-10,20H,1,3,5,11-12,14-18H2,2H3/b28-21+,33-23-. The van der Waals surface area contributed by atoms with Crippen LogP contribution in [0.25, 0.3) is 10.8 Å². The summed E-state index contributed by atoms with van der Waals surface area (Å²) in [6.07, 6.45) is 2.17. The van der Waals surface area contributed by atoms with Gasteiger partial charge >= 0.3 is 0 Å². The molecule has 9 heteroatoms. The minimum absolute atomic E-state index is 0.118. The molecule has 0 N–H and O–H groups in total. The van der Waals surface area contributed by atoms with Gasteiger partial charge in [0.05, 0.1) is 35.8 Å². The van der Waals surface area contributed by atoms with Gasteiger partial charge in [-0.05, 0) is 43.7 Å². The Kier molecular flexibility index (Phi) is 8.24. The fourth-order valence-corrected chi connectivity index (χ4v) is 5.47. The number of fused-ring (bicyclic) bond motifs is 1. The van der Waals surface area contributed by atoms with Crippen LogP contribution in [0.15, 0.2) is 64.4 Å². The van der Waals surface area contributed by atoms with Gasteiger partial charge in [0, 0.05) is 49.4 Å². The van der Waals surface area contributed by atoms with E-state index in [0.29, 0.717) is 51.1 Å². The van der Waals surface area contributed by atoms with Gasteiger partial charge in [0.25, 0.3) is 0 Å². The van der Waals surface area contributed by atoms with E-state index in [9.17, 15) is 14.4 Å². The number of anilines is 1. The Bertz CT molecular complexity index is 1330. The number of benzene rings is 2. The number of hydrogen-bond acceptors (Lipinski definition) is 6.